The first-order chi connectivity index (χ1) is 9.00. The molecule has 0 radical (unpaired) electrons. The van der Waals surface area contributed by atoms with E-state index in [4.69, 9.17) is 5.40 Å². The molecule has 0 saturated heterocycles. The molecular weight excluding hydrogens is 265 g/mol. The first-order valence-corrected chi connectivity index (χ1v) is 11.2. The summed E-state index contributed by atoms with van der Waals surface area (Å²) in [7, 11) is -2.02. The third-order valence-electron chi connectivity index (χ3n) is 3.53. The number of benzene rings is 2. The van der Waals surface area contributed by atoms with Gasteiger partial charge in [0.15, 0.2) is 0 Å². The van der Waals surface area contributed by atoms with Gasteiger partial charge in [0.05, 0.1) is 0 Å². The lowest BCUT2D eigenvalue weighted by atomic mass is 10.4. The average molecular weight is 287 g/mol. The summed E-state index contributed by atoms with van der Waals surface area (Å²) in [6.07, 6.45) is 0. The fourth-order valence-electron chi connectivity index (χ4n) is 2.11. The van der Waals surface area contributed by atoms with Crippen molar-refractivity contribution in [1.82, 2.24) is 0 Å². The molecule has 0 bridgehead atoms. The van der Waals surface area contributed by atoms with Gasteiger partial charge in [-0.15, -0.1) is 0 Å². The van der Waals surface area contributed by atoms with Crippen molar-refractivity contribution in [3.05, 3.63) is 60.7 Å². The Labute approximate surface area is 118 Å². The smallest absolute Gasteiger partial charge is 0.124 e. The van der Waals surface area contributed by atoms with Gasteiger partial charge >= 0.3 is 0 Å². The molecule has 19 heavy (non-hydrogen) atoms. The zero-order valence-electron chi connectivity index (χ0n) is 11.9. The highest BCUT2D eigenvalue weighted by atomic mass is 31.1. The summed E-state index contributed by atoms with van der Waals surface area (Å²) in [5.41, 5.74) is 0. The summed E-state index contributed by atoms with van der Waals surface area (Å²) in [4.78, 5) is 0. The summed E-state index contributed by atoms with van der Waals surface area (Å²) < 4.78 is 0. The van der Waals surface area contributed by atoms with Crippen LogP contribution in [0.3, 0.4) is 0 Å². The fraction of sp³-hybridized carbons (Fsp3) is 0.250. The summed E-state index contributed by atoms with van der Waals surface area (Å²) in [5, 5.41) is 9.94. The topological polar surface area (TPSA) is 26.0 Å². The average Bonchev–Trinajstić information content (AvgIpc) is 2.40. The largest absolute Gasteiger partial charge is 0.350 e. The van der Waals surface area contributed by atoms with E-state index < -0.39 is 8.24 Å². The van der Waals surface area contributed by atoms with Gasteiger partial charge in [0.1, 0.15) is 8.24 Å². The van der Waals surface area contributed by atoms with Crippen molar-refractivity contribution in [3.8, 4) is 0 Å². The molecule has 2 rings (SSSR count). The molecule has 0 saturated carbocycles. The molecule has 0 aliphatic heterocycles. The molecule has 1 atom stereocenters. The van der Waals surface area contributed by atoms with Crippen LogP contribution in [0.5, 0.6) is 0 Å². The number of hydrogen-bond acceptors (Lipinski definition) is 1. The molecule has 2 N–H and O–H groups in total. The van der Waals surface area contributed by atoms with Crippen LogP contribution in [0.15, 0.2) is 60.7 Å². The lowest BCUT2D eigenvalue weighted by Gasteiger charge is -2.33. The highest BCUT2D eigenvalue weighted by Crippen LogP contribution is 2.42. The second-order valence-electron chi connectivity index (χ2n) is 5.54. The van der Waals surface area contributed by atoms with Gasteiger partial charge in [-0.1, -0.05) is 80.7 Å². The Balaban J connectivity index is 2.46. The second-order valence-corrected chi connectivity index (χ2v) is 13.1. The van der Waals surface area contributed by atoms with Crippen LogP contribution in [-0.4, -0.2) is 13.5 Å². The summed E-state index contributed by atoms with van der Waals surface area (Å²) >= 11 is 0. The van der Waals surface area contributed by atoms with Gasteiger partial charge in [-0.3, -0.25) is 0 Å². The third kappa shape index (κ3) is 3.53. The first kappa shape index (κ1) is 14.5. The monoisotopic (exact) mass is 287 g/mol. The molecule has 2 aromatic rings. The Morgan fingerprint density at radius 2 is 1.21 bits per heavy atom. The zero-order chi connectivity index (χ0) is 13.9. The fourth-order valence-corrected chi connectivity index (χ4v) is 7.84. The van der Waals surface area contributed by atoms with E-state index in [2.05, 4.69) is 80.7 Å². The molecule has 2 aromatic carbocycles. The van der Waals surface area contributed by atoms with Crippen LogP contribution >= 0.6 is 7.92 Å². The second kappa shape index (κ2) is 6.00. The van der Waals surface area contributed by atoms with Gasteiger partial charge in [0, 0.05) is 0 Å². The van der Waals surface area contributed by atoms with Crippen LogP contribution in [0.4, 0.5) is 0 Å². The van der Waals surface area contributed by atoms with Gasteiger partial charge in [0.2, 0.25) is 0 Å². The zero-order valence-corrected chi connectivity index (χ0v) is 13.8. The van der Waals surface area contributed by atoms with Crippen molar-refractivity contribution >= 4 is 26.8 Å². The van der Waals surface area contributed by atoms with Crippen molar-refractivity contribution in [2.45, 2.75) is 25.3 Å². The Bertz CT molecular complexity index is 468. The Kier molecular flexibility index (Phi) is 4.57. The molecule has 0 fully saturated rings. The lowest BCUT2D eigenvalue weighted by Crippen LogP contribution is -2.50. The third-order valence-corrected chi connectivity index (χ3v) is 10.9. The van der Waals surface area contributed by atoms with Crippen LogP contribution in [0.2, 0.25) is 13.1 Å². The maximum absolute atomic E-state index is 6.51. The molecule has 0 heterocycles. The maximum Gasteiger partial charge on any atom is 0.124 e. The van der Waals surface area contributed by atoms with Crippen molar-refractivity contribution in [3.63, 3.8) is 0 Å². The van der Waals surface area contributed by atoms with Gasteiger partial charge in [-0.25, -0.2) is 0 Å². The Hall–Kier alpha value is -0.953. The maximum atomic E-state index is 6.51. The van der Waals surface area contributed by atoms with E-state index in [0.29, 0.717) is 5.28 Å². The van der Waals surface area contributed by atoms with E-state index in [0.717, 1.165) is 0 Å². The van der Waals surface area contributed by atoms with E-state index in [1.54, 1.807) is 0 Å². The van der Waals surface area contributed by atoms with E-state index >= 15 is 0 Å². The molecule has 0 amide bonds. The van der Waals surface area contributed by atoms with Crippen molar-refractivity contribution in [1.29, 1.82) is 0 Å². The highest BCUT2D eigenvalue weighted by Gasteiger charge is 2.32. The molecular formula is C16H22NPSi. The van der Waals surface area contributed by atoms with Crippen LogP contribution in [-0.2, 0) is 0 Å². The van der Waals surface area contributed by atoms with Gasteiger partial charge in [0.25, 0.3) is 0 Å². The van der Waals surface area contributed by atoms with E-state index in [9.17, 15) is 0 Å². The van der Waals surface area contributed by atoms with E-state index in [1.165, 1.54) is 10.6 Å². The highest BCUT2D eigenvalue weighted by molar-refractivity contribution is 7.75. The van der Waals surface area contributed by atoms with E-state index in [1.807, 2.05) is 0 Å². The predicted octanol–water partition coefficient (Wildman–Crippen LogP) is 3.21. The van der Waals surface area contributed by atoms with Gasteiger partial charge < -0.3 is 5.40 Å². The molecule has 1 nitrogen and oxygen atoms in total. The molecule has 0 aliphatic rings. The molecule has 0 spiro atoms. The Morgan fingerprint density at radius 1 is 0.842 bits per heavy atom. The lowest BCUT2D eigenvalue weighted by molar-refractivity contribution is 1.25. The SMILES string of the molecule is CC(P(c1ccccc1)c1ccccc1)[Si](C)(C)N. The minimum Gasteiger partial charge on any atom is -0.350 e. The van der Waals surface area contributed by atoms with Crippen molar-refractivity contribution < 1.29 is 0 Å². The Morgan fingerprint density at radius 3 is 1.53 bits per heavy atom. The van der Waals surface area contributed by atoms with Crippen LogP contribution < -0.4 is 16.0 Å². The summed E-state index contributed by atoms with van der Waals surface area (Å²) in [5.74, 6) is 0. The van der Waals surface area contributed by atoms with Crippen molar-refractivity contribution in [2.75, 3.05) is 0 Å². The first-order valence-electron chi connectivity index (χ1n) is 6.68. The van der Waals surface area contributed by atoms with E-state index in [-0.39, 0.29) is 7.92 Å². The van der Waals surface area contributed by atoms with Crippen LogP contribution in [0, 0.1) is 0 Å². The van der Waals surface area contributed by atoms with Gasteiger partial charge in [-0.2, -0.15) is 0 Å². The molecule has 0 aromatic heterocycles. The van der Waals surface area contributed by atoms with Crippen LogP contribution in [0.1, 0.15) is 6.92 Å². The van der Waals surface area contributed by atoms with Crippen LogP contribution in [0.25, 0.3) is 0 Å². The molecule has 100 valence electrons. The molecule has 0 aliphatic carbocycles. The summed E-state index contributed by atoms with van der Waals surface area (Å²) in [6, 6.07) is 21.7. The summed E-state index contributed by atoms with van der Waals surface area (Å²) in [6.45, 7) is 6.86. The number of rotatable bonds is 4. The number of nitrogens with two attached hydrogens (primary N) is 1. The minimum atomic E-state index is -1.66. The molecule has 3 heteroatoms. The quantitative estimate of drug-likeness (QED) is 0.678. The van der Waals surface area contributed by atoms with Gasteiger partial charge in [-0.05, 0) is 23.8 Å². The number of hydrogen-bond donors (Lipinski definition) is 1. The predicted molar refractivity (Wildman–Crippen MR) is 90.2 cm³/mol. The normalized spacial score (nSPS) is 13.5. The molecule has 1 unspecified atom stereocenters. The van der Waals surface area contributed by atoms with Crippen molar-refractivity contribution in [2.24, 2.45) is 5.40 Å². The standard InChI is InChI=1S/C16H22NPSi/c1-14(19(2,3)17)18(15-10-6-4-7-11-15)16-12-8-5-9-13-16/h4-14H,17H2,1-3H3. The minimum absolute atomic E-state index is 0.363.